The van der Waals surface area contributed by atoms with E-state index < -0.39 is 48.1 Å². The van der Waals surface area contributed by atoms with Crippen LogP contribution in [0.4, 0.5) is 0 Å². The van der Waals surface area contributed by atoms with Crippen LogP contribution in [0.5, 0.6) is 11.5 Å². The molecule has 0 aromatic heterocycles. The number of hydrogen-bond acceptors (Lipinski definition) is 10. The van der Waals surface area contributed by atoms with Gasteiger partial charge in [-0.2, -0.15) is 0 Å². The summed E-state index contributed by atoms with van der Waals surface area (Å²) in [5.41, 5.74) is 8.82. The van der Waals surface area contributed by atoms with E-state index in [1.54, 1.807) is 18.7 Å². The van der Waals surface area contributed by atoms with Crippen LogP contribution >= 0.6 is 0 Å². The number of methoxy groups -OCH3 is 2. The van der Waals surface area contributed by atoms with Gasteiger partial charge in [-0.3, -0.25) is 19.3 Å². The zero-order valence-electron chi connectivity index (χ0n) is 22.1. The molecule has 0 radical (unpaired) electrons. The molecule has 1 saturated heterocycles. The van der Waals surface area contributed by atoms with Crippen molar-refractivity contribution in [2.24, 2.45) is 5.73 Å². The van der Waals surface area contributed by atoms with Gasteiger partial charge >= 0.3 is 0 Å². The number of aryl methyl sites for hydroxylation is 1. The zero-order chi connectivity index (χ0) is 27.6. The highest BCUT2D eigenvalue weighted by Gasteiger charge is 2.55. The van der Waals surface area contributed by atoms with Gasteiger partial charge in [0.15, 0.2) is 23.0 Å². The van der Waals surface area contributed by atoms with Crippen molar-refractivity contribution in [3.05, 3.63) is 45.2 Å². The maximum atomic E-state index is 13.6. The Labute approximate surface area is 220 Å². The number of rotatable bonds is 5. The van der Waals surface area contributed by atoms with Crippen molar-refractivity contribution < 1.29 is 34.1 Å². The van der Waals surface area contributed by atoms with E-state index in [1.165, 1.54) is 14.2 Å². The molecule has 0 saturated carbocycles. The van der Waals surface area contributed by atoms with Crippen molar-refractivity contribution in [1.82, 2.24) is 15.5 Å². The molecule has 1 fully saturated rings. The van der Waals surface area contributed by atoms with Gasteiger partial charge in [0, 0.05) is 34.9 Å². The number of amides is 1. The quantitative estimate of drug-likeness (QED) is 0.327. The molecule has 3 aliphatic heterocycles. The summed E-state index contributed by atoms with van der Waals surface area (Å²) in [5, 5.41) is 29.1. The molecule has 6 atom stereocenters. The molecule has 3 heterocycles. The zero-order valence-corrected chi connectivity index (χ0v) is 22.1. The van der Waals surface area contributed by atoms with E-state index in [9.17, 15) is 24.6 Å². The average molecular weight is 527 g/mol. The Hall–Kier alpha value is -3.25. The van der Waals surface area contributed by atoms with Gasteiger partial charge in [0.05, 0.1) is 38.4 Å². The Morgan fingerprint density at radius 1 is 1.24 bits per heavy atom. The number of aromatic hydroxyl groups is 1. The first-order valence-electron chi connectivity index (χ1n) is 12.7. The van der Waals surface area contributed by atoms with Crippen molar-refractivity contribution >= 4 is 17.5 Å². The third-order valence-corrected chi connectivity index (χ3v) is 8.27. The second kappa shape index (κ2) is 9.49. The monoisotopic (exact) mass is 526 g/mol. The highest BCUT2D eigenvalue weighted by atomic mass is 16.5. The molecule has 5 unspecified atom stereocenters. The lowest BCUT2D eigenvalue weighted by atomic mass is 9.71. The first kappa shape index (κ1) is 26.4. The lowest BCUT2D eigenvalue weighted by molar-refractivity contribution is -0.133. The molecule has 0 spiro atoms. The summed E-state index contributed by atoms with van der Waals surface area (Å²) in [6, 6.07) is -1.05. The lowest BCUT2D eigenvalue weighted by Gasteiger charge is -2.57. The van der Waals surface area contributed by atoms with E-state index in [0.717, 1.165) is 11.1 Å². The van der Waals surface area contributed by atoms with Gasteiger partial charge in [0.2, 0.25) is 11.7 Å². The summed E-state index contributed by atoms with van der Waals surface area (Å²) in [6.07, 6.45) is -0.460. The number of Topliss-reactive ketones (excluding diaryl/α,β-unsaturated/α-hetero) is 2. The molecule has 2 bridgehead atoms. The van der Waals surface area contributed by atoms with Gasteiger partial charge in [-0.25, -0.2) is 0 Å². The Morgan fingerprint density at radius 2 is 1.95 bits per heavy atom. The number of nitrogens with zero attached hydrogens (tertiary/aromatic N) is 1. The SMILES string of the molecule is COC1=C(C)C(=O)C2=C(C1=O)C(CNC(=O)C(C)N)N1C(C2)C2NC(Cc3cc(C)c(OC)c(O)c32)[C@@H]1O. The minimum atomic E-state index is -1.04. The van der Waals surface area contributed by atoms with Crippen molar-refractivity contribution in [3.8, 4) is 11.5 Å². The molecule has 1 aromatic carbocycles. The van der Waals surface area contributed by atoms with Gasteiger partial charge in [-0.05, 0) is 44.7 Å². The Kier molecular flexibility index (Phi) is 6.59. The maximum absolute atomic E-state index is 13.6. The topological polar surface area (TPSA) is 163 Å². The summed E-state index contributed by atoms with van der Waals surface area (Å²) >= 11 is 0. The molecule has 204 valence electrons. The molecule has 1 aliphatic carbocycles. The number of aliphatic hydroxyl groups excluding tert-OH is 1. The number of ether oxygens (including phenoxy) is 2. The molecule has 11 nitrogen and oxygen atoms in total. The van der Waals surface area contributed by atoms with Gasteiger partial charge in [0.1, 0.15) is 6.23 Å². The van der Waals surface area contributed by atoms with E-state index in [0.29, 0.717) is 23.3 Å². The van der Waals surface area contributed by atoms with Crippen LogP contribution in [0, 0.1) is 6.92 Å². The molecule has 1 amide bonds. The summed E-state index contributed by atoms with van der Waals surface area (Å²) < 4.78 is 10.8. The Bertz CT molecular complexity index is 1300. The molecule has 11 heteroatoms. The highest BCUT2D eigenvalue weighted by Crippen LogP contribution is 2.50. The van der Waals surface area contributed by atoms with Crippen molar-refractivity contribution in [2.75, 3.05) is 20.8 Å². The van der Waals surface area contributed by atoms with Crippen molar-refractivity contribution in [3.63, 3.8) is 0 Å². The Balaban J connectivity index is 1.66. The number of fused-ring (bicyclic) bond motifs is 6. The first-order chi connectivity index (χ1) is 18.0. The number of carbonyl (C=O) groups is 3. The number of phenols is 1. The number of carbonyl (C=O) groups excluding carboxylic acids is 3. The smallest absolute Gasteiger partial charge is 0.236 e. The Morgan fingerprint density at radius 3 is 2.58 bits per heavy atom. The standard InChI is InChI=1S/C27H34N4O7/c1-10-6-13-7-15-27(36)31-16(20(30-15)18(13)22(33)24(10)37-4)8-14-19(17(31)9-29-26(35)12(3)28)23(34)25(38-5)11(2)21(14)32/h6,12,15-17,20,27,30,33,36H,7-9,28H2,1-5H3,(H,29,35)/t12?,15?,16?,17?,20?,27-/m0/s1. The van der Waals surface area contributed by atoms with Crippen LogP contribution < -0.4 is 21.1 Å². The van der Waals surface area contributed by atoms with E-state index in [1.807, 2.05) is 13.0 Å². The second-order valence-electron chi connectivity index (χ2n) is 10.5. The van der Waals surface area contributed by atoms with Crippen LogP contribution in [0.3, 0.4) is 0 Å². The van der Waals surface area contributed by atoms with Crippen LogP contribution in [-0.4, -0.2) is 83.7 Å². The molecule has 4 aliphatic rings. The predicted octanol–water partition coefficient (Wildman–Crippen LogP) is -0.128. The number of nitrogens with two attached hydrogens (primary N) is 1. The van der Waals surface area contributed by atoms with Gasteiger partial charge in [-0.1, -0.05) is 6.07 Å². The fraction of sp³-hybridized carbons (Fsp3) is 0.519. The number of allylic oxidation sites excluding steroid dienone is 2. The molecule has 38 heavy (non-hydrogen) atoms. The second-order valence-corrected chi connectivity index (χ2v) is 10.5. The summed E-state index contributed by atoms with van der Waals surface area (Å²) in [6.45, 7) is 4.91. The normalized spacial score (nSPS) is 29.4. The summed E-state index contributed by atoms with van der Waals surface area (Å²) in [7, 11) is 2.83. The number of phenolic OH excluding ortho intramolecular Hbond substituents is 1. The molecule has 6 N–H and O–H groups in total. The summed E-state index contributed by atoms with van der Waals surface area (Å²) in [4.78, 5) is 41.4. The molecule has 1 aromatic rings. The first-order valence-corrected chi connectivity index (χ1v) is 12.7. The number of ketones is 2. The molecule has 5 rings (SSSR count). The van der Waals surface area contributed by atoms with E-state index in [4.69, 9.17) is 15.2 Å². The molecular weight excluding hydrogens is 492 g/mol. The van der Waals surface area contributed by atoms with Crippen LogP contribution in [-0.2, 0) is 25.5 Å². The fourth-order valence-corrected chi connectivity index (χ4v) is 6.57. The van der Waals surface area contributed by atoms with E-state index >= 15 is 0 Å². The third kappa shape index (κ3) is 3.76. The van der Waals surface area contributed by atoms with Crippen LogP contribution in [0.1, 0.15) is 43.0 Å². The van der Waals surface area contributed by atoms with E-state index in [2.05, 4.69) is 10.6 Å². The van der Waals surface area contributed by atoms with Crippen LogP contribution in [0.15, 0.2) is 28.5 Å². The van der Waals surface area contributed by atoms with Crippen molar-refractivity contribution in [1.29, 1.82) is 0 Å². The minimum absolute atomic E-state index is 0.0140. The summed E-state index contributed by atoms with van der Waals surface area (Å²) in [5.74, 6) is -0.822. The highest BCUT2D eigenvalue weighted by molar-refractivity contribution is 6.25. The number of aliphatic hydroxyl groups is 1. The van der Waals surface area contributed by atoms with Crippen molar-refractivity contribution in [2.45, 2.75) is 70.0 Å². The average Bonchev–Trinajstić information content (AvgIpc) is 2.88. The minimum Gasteiger partial charge on any atom is -0.504 e. The van der Waals surface area contributed by atoms with Crippen LogP contribution in [0.2, 0.25) is 0 Å². The molecular formula is C27H34N4O7. The third-order valence-electron chi connectivity index (χ3n) is 8.27. The van der Waals surface area contributed by atoms with Gasteiger partial charge in [0.25, 0.3) is 0 Å². The lowest BCUT2D eigenvalue weighted by Crippen LogP contribution is -2.71. The number of nitrogens with one attached hydrogen (secondary N) is 2. The predicted molar refractivity (Wildman–Crippen MR) is 136 cm³/mol. The maximum Gasteiger partial charge on any atom is 0.236 e. The van der Waals surface area contributed by atoms with Gasteiger partial charge in [-0.15, -0.1) is 0 Å². The fourth-order valence-electron chi connectivity index (χ4n) is 6.57. The number of piperazine rings is 1. The number of hydrogen-bond donors (Lipinski definition) is 5. The van der Waals surface area contributed by atoms with Crippen LogP contribution in [0.25, 0.3) is 0 Å². The van der Waals surface area contributed by atoms with E-state index in [-0.39, 0.29) is 41.4 Å². The largest absolute Gasteiger partial charge is 0.504 e. The van der Waals surface area contributed by atoms with Gasteiger partial charge < -0.3 is 36.1 Å². The number of benzene rings is 1.